The van der Waals surface area contributed by atoms with E-state index in [0.717, 1.165) is 31.2 Å². The van der Waals surface area contributed by atoms with Gasteiger partial charge < -0.3 is 15.0 Å². The standard InChI is InChI=1S/C29H28Cl4N2O3/c30-20-13-14-27(25(33)16-20)38-18-28(36)35(17-22-23(31)11-6-12-24(22)32)26(15-19-7-2-1-3-8-19)29(37)34-21-9-4-5-10-21/h1-3,6-8,11-14,16,21,26H,4-5,9-10,15,17-18H2,(H,34,37)/t26-/m0/s1. The summed E-state index contributed by atoms with van der Waals surface area (Å²) in [4.78, 5) is 29.0. The molecule has 1 fully saturated rings. The summed E-state index contributed by atoms with van der Waals surface area (Å²) in [5.74, 6) is -0.313. The number of hydrogen-bond donors (Lipinski definition) is 1. The van der Waals surface area contributed by atoms with Crippen molar-refractivity contribution in [2.45, 2.75) is 50.7 Å². The van der Waals surface area contributed by atoms with Crippen molar-refractivity contribution in [3.05, 3.63) is 97.9 Å². The lowest BCUT2D eigenvalue weighted by Gasteiger charge is -2.32. The van der Waals surface area contributed by atoms with Crippen LogP contribution in [0.25, 0.3) is 0 Å². The summed E-state index contributed by atoms with van der Waals surface area (Å²) in [6, 6.07) is 18.8. The lowest BCUT2D eigenvalue weighted by Crippen LogP contribution is -2.53. The first-order valence-corrected chi connectivity index (χ1v) is 14.0. The fraction of sp³-hybridized carbons (Fsp3) is 0.310. The number of nitrogens with zero attached hydrogens (tertiary/aromatic N) is 1. The van der Waals surface area contributed by atoms with Gasteiger partial charge in [0.25, 0.3) is 5.91 Å². The molecule has 1 aliphatic rings. The fourth-order valence-electron chi connectivity index (χ4n) is 4.59. The molecule has 0 heterocycles. The Labute approximate surface area is 243 Å². The minimum atomic E-state index is -0.817. The third-order valence-corrected chi connectivity index (χ3v) is 7.85. The Bertz CT molecular complexity index is 1250. The van der Waals surface area contributed by atoms with Crippen LogP contribution in [0.1, 0.15) is 36.8 Å². The van der Waals surface area contributed by atoms with E-state index in [9.17, 15) is 9.59 Å². The molecule has 3 aromatic carbocycles. The van der Waals surface area contributed by atoms with E-state index in [1.54, 1.807) is 30.3 Å². The average molecular weight is 594 g/mol. The van der Waals surface area contributed by atoms with Crippen molar-refractivity contribution in [3.63, 3.8) is 0 Å². The highest BCUT2D eigenvalue weighted by atomic mass is 35.5. The Morgan fingerprint density at radius 1 is 0.895 bits per heavy atom. The maximum atomic E-state index is 13.8. The lowest BCUT2D eigenvalue weighted by atomic mass is 10.0. The first-order valence-electron chi connectivity index (χ1n) is 12.5. The van der Waals surface area contributed by atoms with Gasteiger partial charge in [0.1, 0.15) is 11.8 Å². The molecule has 1 aliphatic carbocycles. The summed E-state index contributed by atoms with van der Waals surface area (Å²) < 4.78 is 5.77. The van der Waals surface area contributed by atoms with Crippen molar-refractivity contribution >= 4 is 58.2 Å². The second-order valence-electron chi connectivity index (χ2n) is 9.28. The number of ether oxygens (including phenoxy) is 1. The normalized spacial score (nSPS) is 14.2. The van der Waals surface area contributed by atoms with Gasteiger partial charge in [-0.05, 0) is 48.7 Å². The molecule has 0 aliphatic heterocycles. The first kappa shape index (κ1) is 28.6. The summed E-state index contributed by atoms with van der Waals surface area (Å²) in [6.07, 6.45) is 4.30. The minimum absolute atomic E-state index is 0.0324. The van der Waals surface area contributed by atoms with Crippen LogP contribution in [0.4, 0.5) is 0 Å². The second-order valence-corrected chi connectivity index (χ2v) is 10.9. The van der Waals surface area contributed by atoms with Gasteiger partial charge in [-0.15, -0.1) is 0 Å². The molecule has 2 amide bonds. The summed E-state index contributed by atoms with van der Waals surface area (Å²) in [6.45, 7) is -0.309. The number of rotatable bonds is 10. The van der Waals surface area contributed by atoms with Crippen molar-refractivity contribution in [2.75, 3.05) is 6.61 Å². The molecule has 9 heteroatoms. The predicted octanol–water partition coefficient (Wildman–Crippen LogP) is 7.38. The SMILES string of the molecule is O=C(NC1CCCC1)[C@H](Cc1ccccc1)N(Cc1c(Cl)cccc1Cl)C(=O)COc1ccc(Cl)cc1Cl. The molecule has 5 nitrogen and oxygen atoms in total. The monoisotopic (exact) mass is 592 g/mol. The zero-order chi connectivity index (χ0) is 27.1. The van der Waals surface area contributed by atoms with Gasteiger partial charge in [-0.1, -0.05) is 95.6 Å². The molecular formula is C29H28Cl4N2O3. The maximum Gasteiger partial charge on any atom is 0.261 e. The summed E-state index contributed by atoms with van der Waals surface area (Å²) in [7, 11) is 0. The Hall–Kier alpha value is -2.44. The van der Waals surface area contributed by atoms with Crippen molar-refractivity contribution in [3.8, 4) is 5.75 Å². The number of nitrogens with one attached hydrogen (secondary N) is 1. The van der Waals surface area contributed by atoms with Crippen LogP contribution in [0.2, 0.25) is 20.1 Å². The lowest BCUT2D eigenvalue weighted by molar-refractivity contribution is -0.143. The number of halogens is 4. The quantitative estimate of drug-likeness (QED) is 0.267. The molecule has 3 aromatic rings. The Morgan fingerprint density at radius 3 is 2.24 bits per heavy atom. The number of carbonyl (C=O) groups excluding carboxylic acids is 2. The van der Waals surface area contributed by atoms with Crippen LogP contribution >= 0.6 is 46.4 Å². The van der Waals surface area contributed by atoms with E-state index < -0.39 is 11.9 Å². The molecule has 0 aromatic heterocycles. The topological polar surface area (TPSA) is 58.6 Å². The van der Waals surface area contributed by atoms with Crippen molar-refractivity contribution in [1.82, 2.24) is 10.2 Å². The highest BCUT2D eigenvalue weighted by Crippen LogP contribution is 2.29. The van der Waals surface area contributed by atoms with Crippen LogP contribution < -0.4 is 10.1 Å². The highest BCUT2D eigenvalue weighted by Gasteiger charge is 2.33. The molecule has 0 radical (unpaired) electrons. The van der Waals surface area contributed by atoms with Crippen molar-refractivity contribution in [2.24, 2.45) is 0 Å². The van der Waals surface area contributed by atoms with Crippen LogP contribution in [0.3, 0.4) is 0 Å². The van der Waals surface area contributed by atoms with Gasteiger partial charge in [0, 0.05) is 39.6 Å². The minimum Gasteiger partial charge on any atom is -0.482 e. The molecule has 1 atom stereocenters. The zero-order valence-corrected chi connectivity index (χ0v) is 23.7. The van der Waals surface area contributed by atoms with Gasteiger partial charge >= 0.3 is 0 Å². The second kappa shape index (κ2) is 13.6. The molecule has 1 saturated carbocycles. The molecular weight excluding hydrogens is 566 g/mol. The smallest absolute Gasteiger partial charge is 0.261 e. The van der Waals surface area contributed by atoms with Crippen LogP contribution in [-0.4, -0.2) is 35.4 Å². The molecule has 1 N–H and O–H groups in total. The van der Waals surface area contributed by atoms with Crippen molar-refractivity contribution < 1.29 is 14.3 Å². The summed E-state index contributed by atoms with van der Waals surface area (Å²) >= 11 is 25.2. The molecule has 0 bridgehead atoms. The van der Waals surface area contributed by atoms with Gasteiger partial charge in [0.05, 0.1) is 5.02 Å². The fourth-order valence-corrected chi connectivity index (χ4v) is 5.57. The van der Waals surface area contributed by atoms with E-state index in [1.165, 1.54) is 11.0 Å². The molecule has 0 unspecified atom stereocenters. The number of benzene rings is 3. The average Bonchev–Trinajstić information content (AvgIpc) is 3.40. The maximum absolute atomic E-state index is 13.8. The summed E-state index contributed by atoms with van der Waals surface area (Å²) in [5.41, 5.74) is 1.48. The third-order valence-electron chi connectivity index (χ3n) is 6.61. The first-order chi connectivity index (χ1) is 18.3. The van der Waals surface area contributed by atoms with E-state index in [0.29, 0.717) is 32.8 Å². The molecule has 0 spiro atoms. The van der Waals surface area contributed by atoms with E-state index in [1.807, 2.05) is 30.3 Å². The number of carbonyl (C=O) groups is 2. The largest absolute Gasteiger partial charge is 0.482 e. The number of amides is 2. The van der Waals surface area contributed by atoms with E-state index in [4.69, 9.17) is 51.1 Å². The Kier molecular flexibility index (Phi) is 10.2. The Balaban J connectivity index is 1.66. The van der Waals surface area contributed by atoms with Gasteiger partial charge in [0.2, 0.25) is 5.91 Å². The van der Waals surface area contributed by atoms with Crippen LogP contribution in [0, 0.1) is 0 Å². The van der Waals surface area contributed by atoms with Gasteiger partial charge in [-0.2, -0.15) is 0 Å². The molecule has 38 heavy (non-hydrogen) atoms. The van der Waals surface area contributed by atoms with E-state index in [-0.39, 0.29) is 30.1 Å². The predicted molar refractivity (Wildman–Crippen MR) is 153 cm³/mol. The van der Waals surface area contributed by atoms with Crippen LogP contribution in [0.15, 0.2) is 66.7 Å². The van der Waals surface area contributed by atoms with Crippen LogP contribution in [0.5, 0.6) is 5.75 Å². The van der Waals surface area contributed by atoms with E-state index in [2.05, 4.69) is 5.32 Å². The molecule has 0 saturated heterocycles. The van der Waals surface area contributed by atoms with Crippen LogP contribution in [-0.2, 0) is 22.6 Å². The van der Waals surface area contributed by atoms with Gasteiger partial charge in [-0.25, -0.2) is 0 Å². The number of hydrogen-bond acceptors (Lipinski definition) is 3. The molecule has 4 rings (SSSR count). The van der Waals surface area contributed by atoms with E-state index >= 15 is 0 Å². The van der Waals surface area contributed by atoms with Gasteiger partial charge in [0.15, 0.2) is 6.61 Å². The Morgan fingerprint density at radius 2 is 1.58 bits per heavy atom. The third kappa shape index (κ3) is 7.57. The molecule has 200 valence electrons. The highest BCUT2D eigenvalue weighted by molar-refractivity contribution is 6.36. The van der Waals surface area contributed by atoms with Crippen molar-refractivity contribution in [1.29, 1.82) is 0 Å². The van der Waals surface area contributed by atoms with Gasteiger partial charge in [-0.3, -0.25) is 9.59 Å². The zero-order valence-electron chi connectivity index (χ0n) is 20.6. The summed E-state index contributed by atoms with van der Waals surface area (Å²) in [5, 5.41) is 4.72.